The summed E-state index contributed by atoms with van der Waals surface area (Å²) in [5, 5.41) is 10.9. The van der Waals surface area contributed by atoms with Crippen LogP contribution in [0.25, 0.3) is 11.3 Å². The summed E-state index contributed by atoms with van der Waals surface area (Å²) in [5.74, 6) is 0.978. The molecule has 128 valence electrons. The molecule has 1 aromatic carbocycles. The summed E-state index contributed by atoms with van der Waals surface area (Å²) in [6, 6.07) is 11.0. The zero-order valence-corrected chi connectivity index (χ0v) is 13.9. The third-order valence-electron chi connectivity index (χ3n) is 3.58. The molecule has 0 unspecified atom stereocenters. The van der Waals surface area contributed by atoms with Gasteiger partial charge in [-0.3, -0.25) is 9.89 Å². The Labute approximate surface area is 144 Å². The highest BCUT2D eigenvalue weighted by Crippen LogP contribution is 2.25. The molecular formula is C18H18N4O3. The van der Waals surface area contributed by atoms with Gasteiger partial charge in [-0.1, -0.05) is 0 Å². The number of hydrogen-bond acceptors (Lipinski definition) is 5. The predicted molar refractivity (Wildman–Crippen MR) is 93.7 cm³/mol. The molecule has 2 heterocycles. The van der Waals surface area contributed by atoms with Crippen LogP contribution in [0.2, 0.25) is 0 Å². The van der Waals surface area contributed by atoms with Gasteiger partial charge >= 0.3 is 0 Å². The highest BCUT2D eigenvalue weighted by atomic mass is 16.5. The van der Waals surface area contributed by atoms with Crippen molar-refractivity contribution in [3.05, 3.63) is 59.7 Å². The van der Waals surface area contributed by atoms with E-state index in [9.17, 15) is 4.79 Å². The number of carbonyl (C=O) groups excluding carboxylic acids is 1. The van der Waals surface area contributed by atoms with Crippen molar-refractivity contribution >= 4 is 12.1 Å². The molecule has 0 bridgehead atoms. The van der Waals surface area contributed by atoms with Gasteiger partial charge in [-0.2, -0.15) is 10.2 Å². The van der Waals surface area contributed by atoms with Crippen LogP contribution in [0.4, 0.5) is 0 Å². The van der Waals surface area contributed by atoms with Crippen LogP contribution in [0.3, 0.4) is 0 Å². The zero-order valence-electron chi connectivity index (χ0n) is 13.9. The number of ether oxygens (including phenoxy) is 1. The maximum absolute atomic E-state index is 12.2. The maximum Gasteiger partial charge on any atom is 0.289 e. The van der Waals surface area contributed by atoms with Crippen LogP contribution in [-0.2, 0) is 0 Å². The molecule has 0 aliphatic rings. The molecule has 0 radical (unpaired) electrons. The minimum atomic E-state index is -0.370. The maximum atomic E-state index is 12.2. The molecule has 1 amide bonds. The number of nitrogens with one attached hydrogen (secondary N) is 2. The summed E-state index contributed by atoms with van der Waals surface area (Å²) in [7, 11) is 0. The number of carbonyl (C=O) groups is 1. The van der Waals surface area contributed by atoms with Crippen LogP contribution in [0, 0.1) is 6.92 Å². The number of aromatic amines is 1. The number of aromatic nitrogens is 2. The average Bonchev–Trinajstić information content (AvgIpc) is 3.26. The summed E-state index contributed by atoms with van der Waals surface area (Å²) < 4.78 is 10.5. The van der Waals surface area contributed by atoms with E-state index in [1.165, 1.54) is 12.5 Å². The lowest BCUT2D eigenvalue weighted by molar-refractivity contribution is 0.0949. The second-order valence-corrected chi connectivity index (χ2v) is 5.24. The largest absolute Gasteiger partial charge is 0.494 e. The van der Waals surface area contributed by atoms with Crippen molar-refractivity contribution in [1.82, 2.24) is 15.6 Å². The van der Waals surface area contributed by atoms with Gasteiger partial charge in [0, 0.05) is 11.1 Å². The van der Waals surface area contributed by atoms with E-state index >= 15 is 0 Å². The van der Waals surface area contributed by atoms with Gasteiger partial charge in [0.1, 0.15) is 17.2 Å². The minimum absolute atomic E-state index is 0.362. The van der Waals surface area contributed by atoms with Crippen molar-refractivity contribution in [1.29, 1.82) is 0 Å². The Kier molecular flexibility index (Phi) is 4.94. The van der Waals surface area contributed by atoms with E-state index in [-0.39, 0.29) is 5.91 Å². The zero-order chi connectivity index (χ0) is 17.6. The number of amides is 1. The van der Waals surface area contributed by atoms with E-state index in [4.69, 9.17) is 9.15 Å². The van der Waals surface area contributed by atoms with Crippen molar-refractivity contribution in [3.8, 4) is 17.0 Å². The lowest BCUT2D eigenvalue weighted by Gasteiger charge is -2.04. The standard InChI is InChI=1S/C18H18N4O3/c1-3-24-14-8-6-13(7-9-14)16-12(2)17(21-20-16)18(23)22-19-11-15-5-4-10-25-15/h4-11H,3H2,1-2H3,(H,20,21)(H,22,23)/b19-11-. The second kappa shape index (κ2) is 7.48. The van der Waals surface area contributed by atoms with E-state index in [2.05, 4.69) is 20.7 Å². The molecule has 0 aliphatic carbocycles. The molecular weight excluding hydrogens is 320 g/mol. The lowest BCUT2D eigenvalue weighted by Crippen LogP contribution is -2.19. The fraction of sp³-hybridized carbons (Fsp3) is 0.167. The van der Waals surface area contributed by atoms with E-state index in [1.54, 1.807) is 12.1 Å². The highest BCUT2D eigenvalue weighted by Gasteiger charge is 2.16. The highest BCUT2D eigenvalue weighted by molar-refractivity contribution is 5.95. The second-order valence-electron chi connectivity index (χ2n) is 5.24. The molecule has 0 atom stereocenters. The van der Waals surface area contributed by atoms with Gasteiger partial charge in [0.25, 0.3) is 5.91 Å². The molecule has 3 aromatic rings. The Morgan fingerprint density at radius 1 is 1.36 bits per heavy atom. The SMILES string of the molecule is CCOc1ccc(-c2n[nH]c(C(=O)N/N=C\c3ccco3)c2C)cc1. The molecule has 0 aliphatic heterocycles. The Bertz CT molecular complexity index is 864. The Balaban J connectivity index is 1.72. The van der Waals surface area contributed by atoms with Crippen LogP contribution >= 0.6 is 0 Å². The summed E-state index contributed by atoms with van der Waals surface area (Å²) >= 11 is 0. The number of furan rings is 1. The number of rotatable bonds is 6. The first-order valence-electron chi connectivity index (χ1n) is 7.84. The van der Waals surface area contributed by atoms with Crippen molar-refractivity contribution in [2.75, 3.05) is 6.61 Å². The number of hydrazone groups is 1. The topological polar surface area (TPSA) is 92.5 Å². The van der Waals surface area contributed by atoms with Crippen LogP contribution in [0.1, 0.15) is 28.7 Å². The molecule has 0 spiro atoms. The summed E-state index contributed by atoms with van der Waals surface area (Å²) in [4.78, 5) is 12.2. The third kappa shape index (κ3) is 3.77. The first kappa shape index (κ1) is 16.5. The quantitative estimate of drug-likeness (QED) is 0.533. The van der Waals surface area contributed by atoms with Gasteiger partial charge in [0.15, 0.2) is 0 Å². The van der Waals surface area contributed by atoms with Gasteiger partial charge in [-0.25, -0.2) is 5.43 Å². The molecule has 0 fully saturated rings. The molecule has 3 rings (SSSR count). The Morgan fingerprint density at radius 3 is 2.84 bits per heavy atom. The molecule has 7 heteroatoms. The molecule has 0 saturated carbocycles. The van der Waals surface area contributed by atoms with E-state index in [1.807, 2.05) is 38.1 Å². The Morgan fingerprint density at radius 2 is 2.16 bits per heavy atom. The summed E-state index contributed by atoms with van der Waals surface area (Å²) in [6.45, 7) is 4.38. The first-order chi connectivity index (χ1) is 12.2. The van der Waals surface area contributed by atoms with Crippen molar-refractivity contribution in [3.63, 3.8) is 0 Å². The van der Waals surface area contributed by atoms with Gasteiger partial charge in [-0.15, -0.1) is 0 Å². The monoisotopic (exact) mass is 338 g/mol. The number of hydrogen-bond donors (Lipinski definition) is 2. The number of nitrogens with zero attached hydrogens (tertiary/aromatic N) is 2. The van der Waals surface area contributed by atoms with Crippen molar-refractivity contribution < 1.29 is 13.9 Å². The number of benzene rings is 1. The van der Waals surface area contributed by atoms with Crippen molar-refractivity contribution in [2.45, 2.75) is 13.8 Å². The molecule has 7 nitrogen and oxygen atoms in total. The average molecular weight is 338 g/mol. The van der Waals surface area contributed by atoms with Crippen LogP contribution in [0.5, 0.6) is 5.75 Å². The van der Waals surface area contributed by atoms with Gasteiger partial charge < -0.3 is 9.15 Å². The molecule has 0 saturated heterocycles. The molecule has 2 aromatic heterocycles. The predicted octanol–water partition coefficient (Wildman–Crippen LogP) is 3.14. The minimum Gasteiger partial charge on any atom is -0.494 e. The lowest BCUT2D eigenvalue weighted by atomic mass is 10.1. The Hall–Kier alpha value is -3.35. The fourth-order valence-electron chi connectivity index (χ4n) is 2.35. The van der Waals surface area contributed by atoms with E-state index in [0.717, 1.165) is 16.9 Å². The molecule has 25 heavy (non-hydrogen) atoms. The third-order valence-corrected chi connectivity index (χ3v) is 3.58. The van der Waals surface area contributed by atoms with Gasteiger partial charge in [0.05, 0.1) is 24.8 Å². The van der Waals surface area contributed by atoms with E-state index < -0.39 is 0 Å². The molecule has 2 N–H and O–H groups in total. The van der Waals surface area contributed by atoms with Crippen LogP contribution < -0.4 is 10.2 Å². The summed E-state index contributed by atoms with van der Waals surface area (Å²) in [6.07, 6.45) is 2.96. The fourth-order valence-corrected chi connectivity index (χ4v) is 2.35. The normalized spacial score (nSPS) is 11.0. The van der Waals surface area contributed by atoms with Crippen LogP contribution in [-0.4, -0.2) is 28.9 Å². The van der Waals surface area contributed by atoms with Gasteiger partial charge in [0.2, 0.25) is 0 Å². The first-order valence-corrected chi connectivity index (χ1v) is 7.84. The summed E-state index contributed by atoms with van der Waals surface area (Å²) in [5.41, 5.74) is 5.16. The number of H-pyrrole nitrogens is 1. The van der Waals surface area contributed by atoms with E-state index in [0.29, 0.717) is 23.8 Å². The van der Waals surface area contributed by atoms with Crippen LogP contribution in [0.15, 0.2) is 52.2 Å². The van der Waals surface area contributed by atoms with Crippen molar-refractivity contribution in [2.24, 2.45) is 5.10 Å². The smallest absolute Gasteiger partial charge is 0.289 e. The van der Waals surface area contributed by atoms with Gasteiger partial charge in [-0.05, 0) is 50.2 Å².